The van der Waals surface area contributed by atoms with Gasteiger partial charge < -0.3 is 5.32 Å². The molecule has 3 aromatic rings. The van der Waals surface area contributed by atoms with Gasteiger partial charge in [-0.25, -0.2) is 4.68 Å². The molecule has 0 spiro atoms. The van der Waals surface area contributed by atoms with Crippen molar-refractivity contribution >= 4 is 29.3 Å². The summed E-state index contributed by atoms with van der Waals surface area (Å²) in [5, 5.41) is 7.79. The SMILES string of the molecule is Cc1nn(Cc2ccccc2)c(Cl)c1/C=C/C(=O)Nc1ccccc1. The van der Waals surface area contributed by atoms with Gasteiger partial charge in [0.25, 0.3) is 0 Å². The van der Waals surface area contributed by atoms with Crippen molar-refractivity contribution in [3.8, 4) is 0 Å². The van der Waals surface area contributed by atoms with Crippen LogP contribution in [0.3, 0.4) is 0 Å². The third kappa shape index (κ3) is 4.37. The number of rotatable bonds is 5. The minimum atomic E-state index is -0.211. The van der Waals surface area contributed by atoms with Gasteiger partial charge in [0.05, 0.1) is 12.2 Å². The molecule has 0 aliphatic carbocycles. The van der Waals surface area contributed by atoms with Crippen LogP contribution < -0.4 is 5.32 Å². The Hall–Kier alpha value is -2.85. The Balaban J connectivity index is 1.73. The van der Waals surface area contributed by atoms with E-state index in [1.54, 1.807) is 10.8 Å². The van der Waals surface area contributed by atoms with Crippen molar-refractivity contribution in [2.24, 2.45) is 0 Å². The highest BCUT2D eigenvalue weighted by Crippen LogP contribution is 2.22. The van der Waals surface area contributed by atoms with Gasteiger partial charge in [0.15, 0.2) is 0 Å². The summed E-state index contributed by atoms with van der Waals surface area (Å²) in [6.45, 7) is 2.46. The average molecular weight is 352 g/mol. The maximum atomic E-state index is 12.0. The first-order valence-corrected chi connectivity index (χ1v) is 8.32. The highest BCUT2D eigenvalue weighted by atomic mass is 35.5. The predicted octanol–water partition coefficient (Wildman–Crippen LogP) is 4.55. The first kappa shape index (κ1) is 17.0. The minimum Gasteiger partial charge on any atom is -0.323 e. The maximum absolute atomic E-state index is 12.0. The Morgan fingerprint density at radius 3 is 2.44 bits per heavy atom. The Morgan fingerprint density at radius 1 is 1.12 bits per heavy atom. The molecule has 4 nitrogen and oxygen atoms in total. The van der Waals surface area contributed by atoms with E-state index in [4.69, 9.17) is 11.6 Å². The fraction of sp³-hybridized carbons (Fsp3) is 0.100. The molecule has 3 rings (SSSR count). The fourth-order valence-corrected chi connectivity index (χ4v) is 2.78. The zero-order chi connectivity index (χ0) is 17.6. The Bertz CT molecular complexity index is 886. The lowest BCUT2D eigenvalue weighted by Crippen LogP contribution is -2.07. The van der Waals surface area contributed by atoms with E-state index in [1.165, 1.54) is 6.08 Å². The molecule has 25 heavy (non-hydrogen) atoms. The second-order valence-corrected chi connectivity index (χ2v) is 5.98. The van der Waals surface area contributed by atoms with Crippen LogP contribution in [0.25, 0.3) is 6.08 Å². The number of nitrogens with zero attached hydrogens (tertiary/aromatic N) is 2. The van der Waals surface area contributed by atoms with E-state index in [-0.39, 0.29) is 5.91 Å². The van der Waals surface area contributed by atoms with Crippen molar-refractivity contribution < 1.29 is 4.79 Å². The number of hydrogen-bond acceptors (Lipinski definition) is 2. The molecule has 2 aromatic carbocycles. The molecule has 0 saturated carbocycles. The number of hydrogen-bond donors (Lipinski definition) is 1. The van der Waals surface area contributed by atoms with E-state index in [2.05, 4.69) is 10.4 Å². The lowest BCUT2D eigenvalue weighted by molar-refractivity contribution is -0.111. The van der Waals surface area contributed by atoms with Crippen LogP contribution >= 0.6 is 11.6 Å². The first-order valence-electron chi connectivity index (χ1n) is 7.94. The molecule has 5 heteroatoms. The third-order valence-electron chi connectivity index (χ3n) is 3.73. The summed E-state index contributed by atoms with van der Waals surface area (Å²) in [6, 6.07) is 19.3. The molecule has 0 unspecified atom stereocenters. The molecular formula is C20H18ClN3O. The average Bonchev–Trinajstić information content (AvgIpc) is 2.88. The molecule has 0 bridgehead atoms. The second-order valence-electron chi connectivity index (χ2n) is 5.62. The maximum Gasteiger partial charge on any atom is 0.248 e. The summed E-state index contributed by atoms with van der Waals surface area (Å²) in [5.41, 5.74) is 3.40. The summed E-state index contributed by atoms with van der Waals surface area (Å²) in [4.78, 5) is 12.0. The van der Waals surface area contributed by atoms with Crippen LogP contribution in [0.2, 0.25) is 5.15 Å². The lowest BCUT2D eigenvalue weighted by Gasteiger charge is -2.03. The Morgan fingerprint density at radius 2 is 1.76 bits per heavy atom. The van der Waals surface area contributed by atoms with Gasteiger partial charge in [0.2, 0.25) is 5.91 Å². The smallest absolute Gasteiger partial charge is 0.248 e. The molecule has 0 radical (unpaired) electrons. The molecule has 1 aromatic heterocycles. The van der Waals surface area contributed by atoms with Gasteiger partial charge in [-0.15, -0.1) is 0 Å². The topological polar surface area (TPSA) is 46.9 Å². The number of amides is 1. The van der Waals surface area contributed by atoms with Gasteiger partial charge in [-0.05, 0) is 30.7 Å². The number of anilines is 1. The number of aryl methyl sites for hydroxylation is 1. The van der Waals surface area contributed by atoms with Crippen LogP contribution in [0.15, 0.2) is 66.7 Å². The number of carbonyl (C=O) groups is 1. The number of aromatic nitrogens is 2. The summed E-state index contributed by atoms with van der Waals surface area (Å²) in [5.74, 6) is -0.211. The first-order chi connectivity index (χ1) is 12.1. The molecule has 0 saturated heterocycles. The molecule has 1 heterocycles. The molecule has 0 atom stereocenters. The standard InChI is InChI=1S/C20H18ClN3O/c1-15-18(12-13-19(25)22-17-10-6-3-7-11-17)20(21)24(23-15)14-16-8-4-2-5-9-16/h2-13H,14H2,1H3,(H,22,25)/b13-12+. The largest absolute Gasteiger partial charge is 0.323 e. The monoisotopic (exact) mass is 351 g/mol. The number of carbonyl (C=O) groups excluding carboxylic acids is 1. The van der Waals surface area contributed by atoms with E-state index >= 15 is 0 Å². The van der Waals surface area contributed by atoms with E-state index in [1.807, 2.05) is 67.6 Å². The Kier molecular flexibility index (Phi) is 5.31. The van der Waals surface area contributed by atoms with Gasteiger partial charge in [0.1, 0.15) is 5.15 Å². The van der Waals surface area contributed by atoms with Crippen molar-refractivity contribution in [1.82, 2.24) is 9.78 Å². The lowest BCUT2D eigenvalue weighted by atomic mass is 10.2. The van der Waals surface area contributed by atoms with Gasteiger partial charge in [0, 0.05) is 17.3 Å². The highest BCUT2D eigenvalue weighted by molar-refractivity contribution is 6.31. The van der Waals surface area contributed by atoms with Crippen molar-refractivity contribution in [3.63, 3.8) is 0 Å². The molecule has 1 N–H and O–H groups in total. The van der Waals surface area contributed by atoms with E-state index < -0.39 is 0 Å². The van der Waals surface area contributed by atoms with Gasteiger partial charge in [-0.1, -0.05) is 60.1 Å². The second kappa shape index (κ2) is 7.81. The number of para-hydroxylation sites is 1. The van der Waals surface area contributed by atoms with Crippen molar-refractivity contribution in [2.75, 3.05) is 5.32 Å². The van der Waals surface area contributed by atoms with E-state index in [0.29, 0.717) is 11.7 Å². The summed E-state index contributed by atoms with van der Waals surface area (Å²) < 4.78 is 1.74. The zero-order valence-electron chi connectivity index (χ0n) is 13.8. The third-order valence-corrected chi connectivity index (χ3v) is 4.13. The number of benzene rings is 2. The Labute approximate surface area is 151 Å². The highest BCUT2D eigenvalue weighted by Gasteiger charge is 2.11. The van der Waals surface area contributed by atoms with Crippen LogP contribution in [-0.4, -0.2) is 15.7 Å². The fourth-order valence-electron chi connectivity index (χ4n) is 2.48. The van der Waals surface area contributed by atoms with Gasteiger partial charge >= 0.3 is 0 Å². The van der Waals surface area contributed by atoms with Crippen LogP contribution in [0.5, 0.6) is 0 Å². The molecule has 0 fully saturated rings. The van der Waals surface area contributed by atoms with Crippen molar-refractivity contribution in [3.05, 3.63) is 88.7 Å². The summed E-state index contributed by atoms with van der Waals surface area (Å²) >= 11 is 6.44. The van der Waals surface area contributed by atoms with E-state index in [9.17, 15) is 4.79 Å². The van der Waals surface area contributed by atoms with Gasteiger partial charge in [-0.3, -0.25) is 4.79 Å². The van der Waals surface area contributed by atoms with Crippen molar-refractivity contribution in [2.45, 2.75) is 13.5 Å². The molecule has 1 amide bonds. The number of nitrogens with one attached hydrogen (secondary N) is 1. The predicted molar refractivity (Wildman–Crippen MR) is 102 cm³/mol. The van der Waals surface area contributed by atoms with Crippen LogP contribution in [0.1, 0.15) is 16.8 Å². The van der Waals surface area contributed by atoms with Crippen LogP contribution in [0.4, 0.5) is 5.69 Å². The molecular weight excluding hydrogens is 334 g/mol. The van der Waals surface area contributed by atoms with Crippen LogP contribution in [-0.2, 0) is 11.3 Å². The minimum absolute atomic E-state index is 0.211. The summed E-state index contributed by atoms with van der Waals surface area (Å²) in [6.07, 6.45) is 3.17. The normalized spacial score (nSPS) is 11.0. The zero-order valence-corrected chi connectivity index (χ0v) is 14.6. The summed E-state index contributed by atoms with van der Waals surface area (Å²) in [7, 11) is 0. The number of halogens is 1. The quantitative estimate of drug-likeness (QED) is 0.686. The van der Waals surface area contributed by atoms with Crippen molar-refractivity contribution in [1.29, 1.82) is 0 Å². The molecule has 126 valence electrons. The van der Waals surface area contributed by atoms with Crippen LogP contribution in [0, 0.1) is 6.92 Å². The molecule has 0 aliphatic heterocycles. The van der Waals surface area contributed by atoms with E-state index in [0.717, 1.165) is 22.5 Å². The molecule has 0 aliphatic rings. The van der Waals surface area contributed by atoms with Gasteiger partial charge in [-0.2, -0.15) is 5.10 Å².